The highest BCUT2D eigenvalue weighted by atomic mass is 16.5. The molecule has 35 heavy (non-hydrogen) atoms. The Morgan fingerprint density at radius 3 is 1.97 bits per heavy atom. The number of rotatable bonds is 7. The average Bonchev–Trinajstić information content (AvgIpc) is 2.90. The highest BCUT2D eigenvalue weighted by Crippen LogP contribution is 2.24. The molecule has 3 saturated heterocycles. The molecule has 3 aliphatic heterocycles. The maximum Gasteiger partial charge on any atom is 0.362 e. The van der Waals surface area contributed by atoms with Gasteiger partial charge in [-0.05, 0) is 11.1 Å². The molecule has 0 saturated carbocycles. The number of quaternary nitrogens is 2. The van der Waals surface area contributed by atoms with Crippen LogP contribution in [0.2, 0.25) is 0 Å². The fraction of sp³-hybridized carbons (Fsp3) is 0.552. The fourth-order valence-electron chi connectivity index (χ4n) is 6.40. The number of hydrogen-bond acceptors (Lipinski definition) is 4. The molecule has 3 heterocycles. The van der Waals surface area contributed by atoms with Crippen LogP contribution in [0.1, 0.15) is 24.0 Å². The van der Waals surface area contributed by atoms with Gasteiger partial charge in [-0.25, -0.2) is 4.79 Å². The Balaban J connectivity index is 1.23. The summed E-state index contributed by atoms with van der Waals surface area (Å²) in [4.78, 5) is 18.3. The van der Waals surface area contributed by atoms with Crippen LogP contribution in [0.25, 0.3) is 0 Å². The zero-order valence-electron chi connectivity index (χ0n) is 21.2. The van der Waals surface area contributed by atoms with Crippen molar-refractivity contribution in [1.82, 2.24) is 9.80 Å². The molecule has 0 radical (unpaired) electrons. The first-order valence-corrected chi connectivity index (χ1v) is 13.5. The van der Waals surface area contributed by atoms with Crippen molar-refractivity contribution in [3.63, 3.8) is 0 Å². The van der Waals surface area contributed by atoms with Crippen LogP contribution in [0.3, 0.4) is 0 Å². The van der Waals surface area contributed by atoms with Gasteiger partial charge in [-0.2, -0.15) is 0 Å². The predicted molar refractivity (Wildman–Crippen MR) is 138 cm³/mol. The number of nitrogens with zero attached hydrogens (tertiary/aromatic N) is 4. The first-order chi connectivity index (χ1) is 17.1. The summed E-state index contributed by atoms with van der Waals surface area (Å²) < 4.78 is 7.79. The largest absolute Gasteiger partial charge is 0.457 e. The third kappa shape index (κ3) is 6.50. The molecule has 6 nitrogen and oxygen atoms in total. The van der Waals surface area contributed by atoms with E-state index < -0.39 is 0 Å². The molecule has 0 N–H and O–H groups in total. The minimum atomic E-state index is -0.0561. The van der Waals surface area contributed by atoms with E-state index in [1.165, 1.54) is 42.6 Å². The standard InChI is InChI=1S/C29H42N4O2/c34-29(35-24-28-11-5-2-6-12-28)23-33-19-8-15-31(26-33)16-21-32(18-7-14-30(25-32)17-22-33)20-13-27-9-3-1-4-10-27/h1-6,9-12H,7-8,13-26H2/q+2. The van der Waals surface area contributed by atoms with Gasteiger partial charge in [-0.1, -0.05) is 60.7 Å². The quantitative estimate of drug-likeness (QED) is 0.453. The van der Waals surface area contributed by atoms with E-state index in [1.807, 2.05) is 30.3 Å². The number of benzene rings is 2. The predicted octanol–water partition coefficient (Wildman–Crippen LogP) is 2.95. The van der Waals surface area contributed by atoms with E-state index in [0.717, 1.165) is 68.9 Å². The third-order valence-electron chi connectivity index (χ3n) is 8.42. The van der Waals surface area contributed by atoms with Gasteiger partial charge < -0.3 is 13.7 Å². The van der Waals surface area contributed by atoms with Gasteiger partial charge in [0.15, 0.2) is 6.54 Å². The maximum atomic E-state index is 12.9. The van der Waals surface area contributed by atoms with E-state index in [4.69, 9.17) is 4.74 Å². The second kappa shape index (κ2) is 11.2. The summed E-state index contributed by atoms with van der Waals surface area (Å²) in [7, 11) is 0. The van der Waals surface area contributed by atoms with Gasteiger partial charge in [-0.15, -0.1) is 0 Å². The van der Waals surface area contributed by atoms with Crippen LogP contribution in [-0.4, -0.2) is 104 Å². The van der Waals surface area contributed by atoms with Crippen molar-refractivity contribution in [2.24, 2.45) is 0 Å². The van der Waals surface area contributed by atoms with Gasteiger partial charge in [0.2, 0.25) is 0 Å². The van der Waals surface area contributed by atoms with Crippen LogP contribution in [0, 0.1) is 0 Å². The summed E-state index contributed by atoms with van der Waals surface area (Å²) in [5.74, 6) is -0.0561. The van der Waals surface area contributed by atoms with Crippen LogP contribution >= 0.6 is 0 Å². The highest BCUT2D eigenvalue weighted by Gasteiger charge is 2.41. The molecular weight excluding hydrogens is 436 g/mol. The second-order valence-electron chi connectivity index (χ2n) is 11.1. The smallest absolute Gasteiger partial charge is 0.362 e. The van der Waals surface area contributed by atoms with Crippen molar-refractivity contribution in [3.8, 4) is 0 Å². The minimum Gasteiger partial charge on any atom is -0.457 e. The lowest BCUT2D eigenvalue weighted by Crippen LogP contribution is -2.68. The van der Waals surface area contributed by atoms with Gasteiger partial charge in [0.05, 0.1) is 45.8 Å². The van der Waals surface area contributed by atoms with E-state index >= 15 is 0 Å². The molecule has 2 aromatic rings. The monoisotopic (exact) mass is 478 g/mol. The molecule has 3 aliphatic rings. The van der Waals surface area contributed by atoms with Crippen LogP contribution < -0.4 is 0 Å². The number of esters is 1. The van der Waals surface area contributed by atoms with Crippen molar-refractivity contribution >= 4 is 5.97 Å². The molecular formula is C29H42N4O2+2. The summed E-state index contributed by atoms with van der Waals surface area (Å²) in [6.07, 6.45) is 3.59. The van der Waals surface area contributed by atoms with Gasteiger partial charge >= 0.3 is 5.97 Å². The van der Waals surface area contributed by atoms with Crippen LogP contribution in [-0.2, 0) is 22.6 Å². The molecule has 0 spiro atoms. The fourth-order valence-corrected chi connectivity index (χ4v) is 6.40. The Labute approximate surface area is 210 Å². The van der Waals surface area contributed by atoms with Crippen LogP contribution in [0.15, 0.2) is 60.7 Å². The SMILES string of the molecule is O=C(C[N+]12CCCN(CC[N+]3(CCc4ccccc4)CCCN(CC1)C3)C2)OCc1ccccc1. The first-order valence-electron chi connectivity index (χ1n) is 13.5. The Bertz CT molecular complexity index is 956. The minimum absolute atomic E-state index is 0.0561. The Morgan fingerprint density at radius 2 is 1.29 bits per heavy atom. The van der Waals surface area contributed by atoms with E-state index in [-0.39, 0.29) is 5.97 Å². The summed E-state index contributed by atoms with van der Waals surface area (Å²) in [6, 6.07) is 21.0. The molecule has 3 fully saturated rings. The van der Waals surface area contributed by atoms with Crippen molar-refractivity contribution in [3.05, 3.63) is 71.8 Å². The van der Waals surface area contributed by atoms with Crippen molar-refractivity contribution in [2.45, 2.75) is 25.9 Å². The molecule has 188 valence electrons. The van der Waals surface area contributed by atoms with Crippen molar-refractivity contribution in [1.29, 1.82) is 0 Å². The summed E-state index contributed by atoms with van der Waals surface area (Å²) in [5.41, 5.74) is 2.51. The topological polar surface area (TPSA) is 32.8 Å². The molecule has 0 aromatic heterocycles. The van der Waals surface area contributed by atoms with Crippen molar-refractivity contribution < 1.29 is 18.5 Å². The lowest BCUT2D eigenvalue weighted by atomic mass is 10.1. The van der Waals surface area contributed by atoms with Crippen LogP contribution in [0.5, 0.6) is 0 Å². The van der Waals surface area contributed by atoms with Gasteiger partial charge in [-0.3, -0.25) is 9.80 Å². The highest BCUT2D eigenvalue weighted by molar-refractivity contribution is 5.70. The zero-order chi connectivity index (χ0) is 24.0. The molecule has 2 aromatic carbocycles. The summed E-state index contributed by atoms with van der Waals surface area (Å²) >= 11 is 0. The lowest BCUT2D eigenvalue weighted by Gasteiger charge is -2.51. The zero-order valence-corrected chi connectivity index (χ0v) is 21.2. The number of carbonyl (C=O) groups excluding carboxylic acids is 1. The van der Waals surface area contributed by atoms with Gasteiger partial charge in [0, 0.05) is 32.4 Å². The Hall–Kier alpha value is -2.25. The molecule has 4 bridgehead atoms. The Kier molecular flexibility index (Phi) is 7.83. The average molecular weight is 479 g/mol. The number of carbonyl (C=O) groups is 1. The molecule has 5 rings (SSSR count). The van der Waals surface area contributed by atoms with E-state index in [9.17, 15) is 4.79 Å². The summed E-state index contributed by atoms with van der Waals surface area (Å²) in [5, 5.41) is 0. The number of hydrogen-bond donors (Lipinski definition) is 0. The molecule has 6 heteroatoms. The molecule has 4 unspecified atom stereocenters. The van der Waals surface area contributed by atoms with Gasteiger partial charge in [0.25, 0.3) is 0 Å². The van der Waals surface area contributed by atoms with E-state index in [1.54, 1.807) is 0 Å². The second-order valence-corrected chi connectivity index (χ2v) is 11.1. The normalized spacial score (nSPS) is 30.9. The molecule has 0 amide bonds. The number of ether oxygens (including phenoxy) is 1. The molecule has 4 atom stereocenters. The first kappa shape index (κ1) is 24.4. The van der Waals surface area contributed by atoms with E-state index in [2.05, 4.69) is 40.1 Å². The van der Waals surface area contributed by atoms with Gasteiger partial charge in [0.1, 0.15) is 19.9 Å². The van der Waals surface area contributed by atoms with E-state index in [0.29, 0.717) is 13.2 Å². The lowest BCUT2D eigenvalue weighted by molar-refractivity contribution is -0.955. The third-order valence-corrected chi connectivity index (χ3v) is 8.42. The molecule has 0 aliphatic carbocycles. The number of fused-ring (bicyclic) bond motifs is 4. The van der Waals surface area contributed by atoms with Crippen molar-refractivity contribution in [2.75, 3.05) is 78.8 Å². The Morgan fingerprint density at radius 1 is 0.714 bits per heavy atom. The maximum absolute atomic E-state index is 12.9. The summed E-state index contributed by atoms with van der Waals surface area (Å²) in [6.45, 7) is 13.4. The van der Waals surface area contributed by atoms with Crippen LogP contribution in [0.4, 0.5) is 0 Å².